The standard InChI is InChI=1S/C6H11NO/c7-6-3-1-2-5(6)4-8/h1,3,5-6,8H,2,4,7H2/t5-,6-/m0/s1. The van der Waals surface area contributed by atoms with Gasteiger partial charge in [0.15, 0.2) is 0 Å². The van der Waals surface area contributed by atoms with Crippen LogP contribution in [0.4, 0.5) is 0 Å². The van der Waals surface area contributed by atoms with E-state index in [1.54, 1.807) is 0 Å². The van der Waals surface area contributed by atoms with Crippen LogP contribution in [0.2, 0.25) is 0 Å². The summed E-state index contributed by atoms with van der Waals surface area (Å²) in [6.45, 7) is 0.216. The quantitative estimate of drug-likeness (QED) is 0.466. The van der Waals surface area contributed by atoms with Gasteiger partial charge in [-0.15, -0.1) is 0 Å². The van der Waals surface area contributed by atoms with Crippen LogP contribution in [0.3, 0.4) is 0 Å². The normalized spacial score (nSPS) is 36.2. The Morgan fingerprint density at radius 1 is 1.75 bits per heavy atom. The first kappa shape index (κ1) is 5.79. The van der Waals surface area contributed by atoms with Gasteiger partial charge in [-0.25, -0.2) is 0 Å². The van der Waals surface area contributed by atoms with Crippen molar-refractivity contribution >= 4 is 0 Å². The Bertz CT molecular complexity index is 101. The van der Waals surface area contributed by atoms with Gasteiger partial charge in [-0.2, -0.15) is 0 Å². The zero-order valence-corrected chi connectivity index (χ0v) is 4.75. The molecule has 0 aromatic carbocycles. The van der Waals surface area contributed by atoms with Gasteiger partial charge in [0.25, 0.3) is 0 Å². The van der Waals surface area contributed by atoms with E-state index in [2.05, 4.69) is 0 Å². The van der Waals surface area contributed by atoms with Crippen molar-refractivity contribution < 1.29 is 5.11 Å². The van der Waals surface area contributed by atoms with Crippen LogP contribution in [0, 0.1) is 5.92 Å². The number of aliphatic hydroxyl groups excluding tert-OH is 1. The lowest BCUT2D eigenvalue weighted by molar-refractivity contribution is 0.223. The van der Waals surface area contributed by atoms with Crippen molar-refractivity contribution in [3.63, 3.8) is 0 Å². The SMILES string of the molecule is N[C@H]1C=CC[C@H]1CO. The molecule has 1 aliphatic rings. The van der Waals surface area contributed by atoms with Gasteiger partial charge in [0.2, 0.25) is 0 Å². The molecular weight excluding hydrogens is 102 g/mol. The maximum absolute atomic E-state index is 8.62. The van der Waals surface area contributed by atoms with Crippen molar-refractivity contribution in [2.75, 3.05) is 6.61 Å². The summed E-state index contributed by atoms with van der Waals surface area (Å²) in [6, 6.07) is 0.0972. The van der Waals surface area contributed by atoms with E-state index >= 15 is 0 Å². The lowest BCUT2D eigenvalue weighted by atomic mass is 10.1. The molecule has 8 heavy (non-hydrogen) atoms. The minimum atomic E-state index is 0.0972. The van der Waals surface area contributed by atoms with Gasteiger partial charge in [-0.05, 0) is 6.42 Å². The first-order chi connectivity index (χ1) is 3.84. The predicted molar refractivity (Wildman–Crippen MR) is 32.3 cm³/mol. The molecule has 1 aliphatic carbocycles. The fourth-order valence-electron chi connectivity index (χ4n) is 0.921. The third-order valence-electron chi connectivity index (χ3n) is 1.58. The van der Waals surface area contributed by atoms with Gasteiger partial charge in [0, 0.05) is 18.6 Å². The highest BCUT2D eigenvalue weighted by atomic mass is 16.3. The zero-order chi connectivity index (χ0) is 5.98. The Morgan fingerprint density at radius 2 is 2.50 bits per heavy atom. The Labute approximate surface area is 49.0 Å². The Balaban J connectivity index is 2.38. The van der Waals surface area contributed by atoms with Crippen LogP contribution >= 0.6 is 0 Å². The molecule has 46 valence electrons. The molecule has 0 aliphatic heterocycles. The van der Waals surface area contributed by atoms with E-state index in [4.69, 9.17) is 10.8 Å². The van der Waals surface area contributed by atoms with E-state index in [9.17, 15) is 0 Å². The number of nitrogens with two attached hydrogens (primary N) is 1. The Morgan fingerprint density at radius 3 is 2.75 bits per heavy atom. The summed E-state index contributed by atoms with van der Waals surface area (Å²) < 4.78 is 0. The molecule has 0 saturated carbocycles. The van der Waals surface area contributed by atoms with E-state index in [-0.39, 0.29) is 18.6 Å². The average Bonchev–Trinajstić information content (AvgIpc) is 2.14. The molecule has 2 nitrogen and oxygen atoms in total. The molecule has 1 rings (SSSR count). The molecule has 0 heterocycles. The minimum absolute atomic E-state index is 0.0972. The van der Waals surface area contributed by atoms with E-state index < -0.39 is 0 Å². The maximum Gasteiger partial charge on any atom is 0.0480 e. The summed E-state index contributed by atoms with van der Waals surface area (Å²) in [4.78, 5) is 0. The van der Waals surface area contributed by atoms with Crippen molar-refractivity contribution in [1.82, 2.24) is 0 Å². The molecule has 2 atom stereocenters. The number of hydrogen-bond acceptors (Lipinski definition) is 2. The van der Waals surface area contributed by atoms with Gasteiger partial charge in [0.1, 0.15) is 0 Å². The molecule has 2 heteroatoms. The average molecular weight is 113 g/mol. The molecule has 0 fully saturated rings. The van der Waals surface area contributed by atoms with E-state index in [0.717, 1.165) is 6.42 Å². The van der Waals surface area contributed by atoms with Crippen LogP contribution in [0.5, 0.6) is 0 Å². The Hall–Kier alpha value is -0.340. The third-order valence-corrected chi connectivity index (χ3v) is 1.58. The zero-order valence-electron chi connectivity index (χ0n) is 4.75. The van der Waals surface area contributed by atoms with Gasteiger partial charge < -0.3 is 10.8 Å². The van der Waals surface area contributed by atoms with E-state index in [0.29, 0.717) is 0 Å². The molecule has 0 spiro atoms. The van der Waals surface area contributed by atoms with E-state index in [1.165, 1.54) is 0 Å². The fraction of sp³-hybridized carbons (Fsp3) is 0.667. The summed E-state index contributed by atoms with van der Waals surface area (Å²) in [6.07, 6.45) is 4.91. The lowest BCUT2D eigenvalue weighted by Gasteiger charge is -2.09. The summed E-state index contributed by atoms with van der Waals surface area (Å²) >= 11 is 0. The van der Waals surface area contributed by atoms with Crippen LogP contribution in [0.25, 0.3) is 0 Å². The highest BCUT2D eigenvalue weighted by molar-refractivity contribution is 5.03. The summed E-state index contributed by atoms with van der Waals surface area (Å²) in [5.41, 5.74) is 5.54. The first-order valence-corrected chi connectivity index (χ1v) is 2.87. The second kappa shape index (κ2) is 2.29. The summed E-state index contributed by atoms with van der Waals surface area (Å²) in [5.74, 6) is 0.287. The molecule has 0 unspecified atom stereocenters. The highest BCUT2D eigenvalue weighted by Crippen LogP contribution is 2.14. The monoisotopic (exact) mass is 113 g/mol. The topological polar surface area (TPSA) is 46.2 Å². The van der Waals surface area contributed by atoms with Crippen LogP contribution in [-0.2, 0) is 0 Å². The van der Waals surface area contributed by atoms with Crippen molar-refractivity contribution in [2.45, 2.75) is 12.5 Å². The molecule has 0 amide bonds. The second-order valence-electron chi connectivity index (χ2n) is 2.18. The first-order valence-electron chi connectivity index (χ1n) is 2.87. The van der Waals surface area contributed by atoms with Crippen LogP contribution in [0.1, 0.15) is 6.42 Å². The number of aliphatic hydroxyl groups is 1. The molecule has 0 saturated heterocycles. The summed E-state index contributed by atoms with van der Waals surface area (Å²) in [5, 5.41) is 8.62. The van der Waals surface area contributed by atoms with Crippen molar-refractivity contribution in [3.8, 4) is 0 Å². The van der Waals surface area contributed by atoms with E-state index in [1.807, 2.05) is 12.2 Å². The molecule has 0 bridgehead atoms. The van der Waals surface area contributed by atoms with Crippen molar-refractivity contribution in [2.24, 2.45) is 11.7 Å². The maximum atomic E-state index is 8.62. The molecule has 0 aromatic heterocycles. The number of allylic oxidation sites excluding steroid dienone is 1. The lowest BCUT2D eigenvalue weighted by Crippen LogP contribution is -2.26. The number of hydrogen-bond donors (Lipinski definition) is 2. The summed E-state index contributed by atoms with van der Waals surface area (Å²) in [7, 11) is 0. The number of rotatable bonds is 1. The van der Waals surface area contributed by atoms with Crippen molar-refractivity contribution in [3.05, 3.63) is 12.2 Å². The van der Waals surface area contributed by atoms with Crippen LogP contribution in [-0.4, -0.2) is 17.8 Å². The molecule has 3 N–H and O–H groups in total. The Kier molecular flexibility index (Phi) is 1.65. The third kappa shape index (κ3) is 0.904. The molecule has 0 aromatic rings. The van der Waals surface area contributed by atoms with Crippen molar-refractivity contribution in [1.29, 1.82) is 0 Å². The molecular formula is C6H11NO. The van der Waals surface area contributed by atoms with Gasteiger partial charge in [0.05, 0.1) is 0 Å². The van der Waals surface area contributed by atoms with Gasteiger partial charge in [-0.1, -0.05) is 12.2 Å². The molecule has 0 radical (unpaired) electrons. The van der Waals surface area contributed by atoms with Crippen LogP contribution in [0.15, 0.2) is 12.2 Å². The highest BCUT2D eigenvalue weighted by Gasteiger charge is 2.16. The largest absolute Gasteiger partial charge is 0.396 e. The van der Waals surface area contributed by atoms with Gasteiger partial charge >= 0.3 is 0 Å². The fourth-order valence-corrected chi connectivity index (χ4v) is 0.921. The van der Waals surface area contributed by atoms with Crippen LogP contribution < -0.4 is 5.73 Å². The smallest absolute Gasteiger partial charge is 0.0480 e. The second-order valence-corrected chi connectivity index (χ2v) is 2.18. The minimum Gasteiger partial charge on any atom is -0.396 e. The predicted octanol–water partition coefficient (Wildman–Crippen LogP) is -0.118. The van der Waals surface area contributed by atoms with Gasteiger partial charge in [-0.3, -0.25) is 0 Å².